The Labute approximate surface area is 149 Å². The van der Waals surface area contributed by atoms with Gasteiger partial charge in [-0.1, -0.05) is 6.07 Å². The third-order valence-corrected chi connectivity index (χ3v) is 4.01. The topological polar surface area (TPSA) is 59.6 Å². The third kappa shape index (κ3) is 4.75. The van der Waals surface area contributed by atoms with Gasteiger partial charge in [-0.05, 0) is 71.0 Å². The van der Waals surface area contributed by atoms with Crippen LogP contribution < -0.4 is 20.1 Å². The molecule has 0 unspecified atom stereocenters. The summed E-state index contributed by atoms with van der Waals surface area (Å²) in [4.78, 5) is 12.0. The van der Waals surface area contributed by atoms with Crippen LogP contribution in [0.25, 0.3) is 0 Å². The molecule has 122 valence electrons. The summed E-state index contributed by atoms with van der Waals surface area (Å²) in [5, 5.41) is 5.68. The van der Waals surface area contributed by atoms with Gasteiger partial charge >= 0.3 is 6.03 Å². The van der Waals surface area contributed by atoms with Crippen molar-refractivity contribution in [3.63, 3.8) is 0 Å². The highest BCUT2D eigenvalue weighted by atomic mass is 127. The van der Waals surface area contributed by atoms with Crippen molar-refractivity contribution in [3.8, 4) is 11.5 Å². The Hall–Kier alpha value is -1.96. The Morgan fingerprint density at radius 2 is 1.83 bits per heavy atom. The van der Waals surface area contributed by atoms with Crippen LogP contribution in [0.2, 0.25) is 0 Å². The minimum atomic E-state index is -0.246. The van der Waals surface area contributed by atoms with Gasteiger partial charge < -0.3 is 20.1 Å². The molecule has 2 N–H and O–H groups in total. The summed E-state index contributed by atoms with van der Waals surface area (Å²) < 4.78 is 11.6. The van der Waals surface area contributed by atoms with E-state index in [1.54, 1.807) is 14.2 Å². The molecule has 2 aromatic carbocycles. The molecule has 0 saturated heterocycles. The van der Waals surface area contributed by atoms with Gasteiger partial charge in [0.1, 0.15) is 0 Å². The highest BCUT2D eigenvalue weighted by molar-refractivity contribution is 14.1. The first-order valence-corrected chi connectivity index (χ1v) is 8.13. The Kier molecular flexibility index (Phi) is 6.09. The van der Waals surface area contributed by atoms with E-state index >= 15 is 0 Å². The van der Waals surface area contributed by atoms with Crippen LogP contribution >= 0.6 is 22.6 Å². The quantitative estimate of drug-likeness (QED) is 0.713. The van der Waals surface area contributed by atoms with Crippen molar-refractivity contribution in [1.82, 2.24) is 5.32 Å². The van der Waals surface area contributed by atoms with Crippen LogP contribution in [0.5, 0.6) is 11.5 Å². The molecule has 0 aliphatic heterocycles. The fourth-order valence-electron chi connectivity index (χ4n) is 2.11. The minimum absolute atomic E-state index is 0.246. The zero-order valence-corrected chi connectivity index (χ0v) is 15.4. The number of amides is 2. The number of urea groups is 1. The highest BCUT2D eigenvalue weighted by Crippen LogP contribution is 2.27. The van der Waals surface area contributed by atoms with Gasteiger partial charge in [-0.15, -0.1) is 0 Å². The summed E-state index contributed by atoms with van der Waals surface area (Å²) in [7, 11) is 3.17. The Bertz CT molecular complexity index is 704. The Morgan fingerprint density at radius 1 is 1.09 bits per heavy atom. The predicted octanol–water partition coefficient (Wildman–Crippen LogP) is 3.94. The van der Waals surface area contributed by atoms with Crippen molar-refractivity contribution in [2.45, 2.75) is 13.5 Å². The van der Waals surface area contributed by atoms with E-state index in [0.717, 1.165) is 20.4 Å². The first-order chi connectivity index (χ1) is 11.0. The largest absolute Gasteiger partial charge is 0.493 e. The standard InChI is InChI=1S/C17H19IN2O3/c1-11-8-13(18)5-6-14(11)20-17(21)19-10-12-4-7-15(22-2)16(9-12)23-3/h4-9H,10H2,1-3H3,(H2,19,20,21). The lowest BCUT2D eigenvalue weighted by Gasteiger charge is -2.12. The van der Waals surface area contributed by atoms with Crippen LogP contribution in [-0.4, -0.2) is 20.3 Å². The zero-order chi connectivity index (χ0) is 16.8. The van der Waals surface area contributed by atoms with Gasteiger partial charge in [0, 0.05) is 15.8 Å². The maximum absolute atomic E-state index is 12.0. The number of methoxy groups -OCH3 is 2. The van der Waals surface area contributed by atoms with Gasteiger partial charge in [-0.3, -0.25) is 0 Å². The summed E-state index contributed by atoms with van der Waals surface area (Å²) in [5.74, 6) is 1.30. The molecule has 0 aliphatic carbocycles. The van der Waals surface area contributed by atoms with Crippen LogP contribution in [-0.2, 0) is 6.54 Å². The summed E-state index contributed by atoms with van der Waals surface area (Å²) in [6, 6.07) is 11.2. The van der Waals surface area contributed by atoms with Crippen molar-refractivity contribution in [3.05, 3.63) is 51.1 Å². The van der Waals surface area contributed by atoms with E-state index in [-0.39, 0.29) is 6.03 Å². The summed E-state index contributed by atoms with van der Waals surface area (Å²) >= 11 is 2.24. The number of halogens is 1. The third-order valence-electron chi connectivity index (χ3n) is 3.34. The number of carbonyl (C=O) groups is 1. The predicted molar refractivity (Wildman–Crippen MR) is 99.3 cm³/mol. The molecule has 0 atom stereocenters. The first-order valence-electron chi connectivity index (χ1n) is 7.05. The number of hydrogen-bond donors (Lipinski definition) is 2. The van der Waals surface area contributed by atoms with Gasteiger partial charge in [0.05, 0.1) is 14.2 Å². The highest BCUT2D eigenvalue weighted by Gasteiger charge is 2.07. The molecular formula is C17H19IN2O3. The summed E-state index contributed by atoms with van der Waals surface area (Å²) in [6.45, 7) is 2.36. The number of rotatable bonds is 5. The van der Waals surface area contributed by atoms with Crippen LogP contribution in [0.1, 0.15) is 11.1 Å². The SMILES string of the molecule is COc1ccc(CNC(=O)Nc2ccc(I)cc2C)cc1OC. The molecule has 0 heterocycles. The molecule has 0 saturated carbocycles. The van der Waals surface area contributed by atoms with Gasteiger partial charge in [-0.2, -0.15) is 0 Å². The van der Waals surface area contributed by atoms with E-state index in [4.69, 9.17) is 9.47 Å². The van der Waals surface area contributed by atoms with E-state index in [0.29, 0.717) is 18.0 Å². The van der Waals surface area contributed by atoms with Gasteiger partial charge in [0.25, 0.3) is 0 Å². The number of carbonyl (C=O) groups excluding carboxylic acids is 1. The van der Waals surface area contributed by atoms with E-state index in [1.807, 2.05) is 43.3 Å². The van der Waals surface area contributed by atoms with Crippen LogP contribution in [0.3, 0.4) is 0 Å². The van der Waals surface area contributed by atoms with Crippen molar-refractivity contribution in [1.29, 1.82) is 0 Å². The molecule has 6 heteroatoms. The monoisotopic (exact) mass is 426 g/mol. The molecule has 0 aliphatic rings. The molecule has 0 bridgehead atoms. The van der Waals surface area contributed by atoms with Gasteiger partial charge in [0.2, 0.25) is 0 Å². The normalized spacial score (nSPS) is 10.1. The molecule has 0 aromatic heterocycles. The van der Waals surface area contributed by atoms with E-state index in [9.17, 15) is 4.79 Å². The number of aryl methyl sites for hydroxylation is 1. The number of anilines is 1. The second-order valence-electron chi connectivity index (χ2n) is 4.96. The smallest absolute Gasteiger partial charge is 0.319 e. The molecule has 2 rings (SSSR count). The van der Waals surface area contributed by atoms with E-state index in [1.165, 1.54) is 0 Å². The molecule has 2 aromatic rings. The Morgan fingerprint density at radius 3 is 2.48 bits per heavy atom. The maximum Gasteiger partial charge on any atom is 0.319 e. The fraction of sp³-hybridized carbons (Fsp3) is 0.235. The second-order valence-corrected chi connectivity index (χ2v) is 6.20. The minimum Gasteiger partial charge on any atom is -0.493 e. The second kappa shape index (κ2) is 8.05. The van der Waals surface area contributed by atoms with Crippen molar-refractivity contribution in [2.75, 3.05) is 19.5 Å². The van der Waals surface area contributed by atoms with Crippen LogP contribution in [0.15, 0.2) is 36.4 Å². The number of nitrogens with one attached hydrogen (secondary N) is 2. The molecule has 0 fully saturated rings. The van der Waals surface area contributed by atoms with Crippen molar-refractivity contribution in [2.24, 2.45) is 0 Å². The molecule has 0 radical (unpaired) electrons. The van der Waals surface area contributed by atoms with E-state index < -0.39 is 0 Å². The fourth-order valence-corrected chi connectivity index (χ4v) is 2.75. The molecule has 23 heavy (non-hydrogen) atoms. The summed E-state index contributed by atoms with van der Waals surface area (Å²) in [5.41, 5.74) is 2.76. The first kappa shape index (κ1) is 17.4. The molecule has 0 spiro atoms. The zero-order valence-electron chi connectivity index (χ0n) is 13.3. The average molecular weight is 426 g/mol. The van der Waals surface area contributed by atoms with Crippen LogP contribution in [0, 0.1) is 10.5 Å². The number of hydrogen-bond acceptors (Lipinski definition) is 3. The maximum atomic E-state index is 12.0. The molecule has 2 amide bonds. The lowest BCUT2D eigenvalue weighted by molar-refractivity contribution is 0.251. The van der Waals surface area contributed by atoms with Gasteiger partial charge in [-0.25, -0.2) is 4.79 Å². The number of benzene rings is 2. The summed E-state index contributed by atoms with van der Waals surface area (Å²) in [6.07, 6.45) is 0. The van der Waals surface area contributed by atoms with E-state index in [2.05, 4.69) is 33.2 Å². The lowest BCUT2D eigenvalue weighted by atomic mass is 10.2. The van der Waals surface area contributed by atoms with Crippen LogP contribution in [0.4, 0.5) is 10.5 Å². The average Bonchev–Trinajstić information content (AvgIpc) is 2.55. The lowest BCUT2D eigenvalue weighted by Crippen LogP contribution is -2.28. The molecule has 5 nitrogen and oxygen atoms in total. The number of ether oxygens (including phenoxy) is 2. The van der Waals surface area contributed by atoms with Crippen molar-refractivity contribution >= 4 is 34.3 Å². The van der Waals surface area contributed by atoms with Gasteiger partial charge in [0.15, 0.2) is 11.5 Å². The van der Waals surface area contributed by atoms with Crippen molar-refractivity contribution < 1.29 is 14.3 Å². The Balaban J connectivity index is 1.96. The molecular weight excluding hydrogens is 407 g/mol.